The summed E-state index contributed by atoms with van der Waals surface area (Å²) in [7, 11) is 0. The number of imidazole rings is 1. The van der Waals surface area contributed by atoms with E-state index in [2.05, 4.69) is 26.0 Å². The number of fused-ring (bicyclic) bond motifs is 1. The predicted octanol–water partition coefficient (Wildman–Crippen LogP) is 4.60. The van der Waals surface area contributed by atoms with Gasteiger partial charge >= 0.3 is 11.0 Å². The highest BCUT2D eigenvalue weighted by Crippen LogP contribution is 2.36. The van der Waals surface area contributed by atoms with E-state index in [1.807, 2.05) is 0 Å². The van der Waals surface area contributed by atoms with E-state index in [1.54, 1.807) is 4.90 Å². The van der Waals surface area contributed by atoms with Gasteiger partial charge < -0.3 is 0 Å². The van der Waals surface area contributed by atoms with Crippen LogP contribution in [-0.4, -0.2) is 37.4 Å². The molecule has 0 amide bonds. The highest BCUT2D eigenvalue weighted by atomic mass is 79.9. The lowest BCUT2D eigenvalue weighted by atomic mass is 10.1. The Kier molecular flexibility index (Phi) is 4.97. The van der Waals surface area contributed by atoms with Gasteiger partial charge in [-0.25, -0.2) is 9.50 Å². The van der Waals surface area contributed by atoms with E-state index in [1.165, 1.54) is 12.1 Å². The molecule has 0 N–H and O–H groups in total. The van der Waals surface area contributed by atoms with Crippen LogP contribution in [0.5, 0.6) is 0 Å². The van der Waals surface area contributed by atoms with Gasteiger partial charge in [-0.15, -0.1) is 0 Å². The van der Waals surface area contributed by atoms with Crippen LogP contribution in [0.25, 0.3) is 5.65 Å². The lowest BCUT2D eigenvalue weighted by Gasteiger charge is -2.18. The highest BCUT2D eigenvalue weighted by molar-refractivity contribution is 9.09. The number of alkyl halides is 6. The van der Waals surface area contributed by atoms with Crippen molar-refractivity contribution < 1.29 is 22.0 Å². The number of halogens is 7. The van der Waals surface area contributed by atoms with Crippen LogP contribution in [0.15, 0.2) is 12.1 Å². The van der Waals surface area contributed by atoms with Gasteiger partial charge in [-0.05, 0) is 46.9 Å². The van der Waals surface area contributed by atoms with Crippen molar-refractivity contribution in [3.63, 3.8) is 0 Å². The maximum Gasteiger partial charge on any atom is 0.435 e. The minimum Gasteiger partial charge on any atom is -0.297 e. The van der Waals surface area contributed by atoms with Gasteiger partial charge in [-0.2, -0.15) is 27.1 Å². The van der Waals surface area contributed by atoms with Crippen LogP contribution in [0.2, 0.25) is 5.15 Å². The van der Waals surface area contributed by atoms with E-state index in [0.29, 0.717) is 13.0 Å². The molecule has 0 bridgehead atoms. The molecule has 1 aliphatic rings. The number of rotatable bonds is 4. The highest BCUT2D eigenvalue weighted by Gasteiger charge is 2.40. The Labute approximate surface area is 153 Å². The van der Waals surface area contributed by atoms with E-state index in [-0.39, 0.29) is 41.9 Å². The molecule has 1 atom stereocenters. The summed E-state index contributed by atoms with van der Waals surface area (Å²) in [5.74, 6) is -0.292. The number of hydrogen-bond acceptors (Lipinski definition) is 3. The number of nitrogens with zero attached hydrogens (tertiary/aromatic N) is 4. The average Bonchev–Trinajstić information content (AvgIpc) is 3.02. The minimum absolute atomic E-state index is 0.0365. The lowest BCUT2D eigenvalue weighted by molar-refractivity contribution is -0.141. The van der Waals surface area contributed by atoms with Crippen LogP contribution in [0.4, 0.5) is 22.0 Å². The topological polar surface area (TPSA) is 33.4 Å². The first kappa shape index (κ1) is 18.8. The SMILES string of the molecule is FC(F)(Br)CC1CCN(Cc2c(C(F)(F)F)nc3ccc(Cl)nn23)C1. The van der Waals surface area contributed by atoms with Gasteiger partial charge in [0.15, 0.2) is 11.3 Å². The summed E-state index contributed by atoms with van der Waals surface area (Å²) in [6, 6.07) is 2.71. The van der Waals surface area contributed by atoms with Gasteiger partial charge in [0, 0.05) is 19.5 Å². The van der Waals surface area contributed by atoms with Gasteiger partial charge in [0.05, 0.1) is 5.69 Å². The summed E-state index contributed by atoms with van der Waals surface area (Å²) in [5.41, 5.74) is -1.14. The smallest absolute Gasteiger partial charge is 0.297 e. The van der Waals surface area contributed by atoms with Crippen molar-refractivity contribution in [2.45, 2.75) is 30.4 Å². The van der Waals surface area contributed by atoms with Gasteiger partial charge in [0.25, 0.3) is 0 Å². The molecule has 1 aliphatic heterocycles. The fourth-order valence-corrected chi connectivity index (χ4v) is 3.68. The van der Waals surface area contributed by atoms with Gasteiger partial charge in [-0.1, -0.05) is 11.6 Å². The lowest BCUT2D eigenvalue weighted by Crippen LogP contribution is -2.24. The number of hydrogen-bond donors (Lipinski definition) is 0. The van der Waals surface area contributed by atoms with Crippen molar-refractivity contribution in [3.05, 3.63) is 28.7 Å². The fraction of sp³-hybridized carbons (Fsp3) is 0.571. The molecular weight excluding hydrogens is 435 g/mol. The largest absolute Gasteiger partial charge is 0.435 e. The van der Waals surface area contributed by atoms with Crippen molar-refractivity contribution in [2.75, 3.05) is 13.1 Å². The molecule has 0 aromatic carbocycles. The Morgan fingerprint density at radius 1 is 1.24 bits per heavy atom. The Morgan fingerprint density at radius 3 is 2.60 bits per heavy atom. The molecule has 0 aliphatic carbocycles. The molecule has 11 heteroatoms. The second-order valence-electron chi connectivity index (χ2n) is 6.04. The summed E-state index contributed by atoms with van der Waals surface area (Å²) in [4.78, 5) is 2.34. The van der Waals surface area contributed by atoms with Crippen molar-refractivity contribution in [3.8, 4) is 0 Å². The van der Waals surface area contributed by atoms with E-state index >= 15 is 0 Å². The quantitative estimate of drug-likeness (QED) is 0.507. The maximum absolute atomic E-state index is 13.3. The second kappa shape index (κ2) is 6.62. The minimum atomic E-state index is -4.64. The monoisotopic (exact) mass is 446 g/mol. The summed E-state index contributed by atoms with van der Waals surface area (Å²) in [6.45, 7) is 0.624. The molecule has 1 fully saturated rings. The van der Waals surface area contributed by atoms with Crippen LogP contribution in [-0.2, 0) is 12.7 Å². The Balaban J connectivity index is 1.87. The van der Waals surface area contributed by atoms with Crippen molar-refractivity contribution >= 4 is 33.2 Å². The Morgan fingerprint density at radius 2 is 1.96 bits per heavy atom. The molecule has 4 nitrogen and oxygen atoms in total. The van der Waals surface area contributed by atoms with Crippen LogP contribution in [0.1, 0.15) is 24.2 Å². The third kappa shape index (κ3) is 4.40. The molecule has 0 saturated carbocycles. The molecule has 2 aromatic heterocycles. The summed E-state index contributed by atoms with van der Waals surface area (Å²) >= 11 is 8.09. The van der Waals surface area contributed by atoms with E-state index in [0.717, 1.165) is 4.52 Å². The van der Waals surface area contributed by atoms with Gasteiger partial charge in [-0.3, -0.25) is 4.90 Å². The van der Waals surface area contributed by atoms with Gasteiger partial charge in [0.1, 0.15) is 5.15 Å². The summed E-state index contributed by atoms with van der Waals surface area (Å²) < 4.78 is 67.1. The standard InChI is InChI=1S/C14H13BrClF5N4/c15-13(17,18)5-8-3-4-24(6-8)7-9-12(14(19,20)21)22-11-2-1-10(16)23-25(9)11/h1-2,8H,3-7H2. The van der Waals surface area contributed by atoms with E-state index < -0.39 is 16.7 Å². The molecule has 1 unspecified atom stereocenters. The zero-order chi connectivity index (χ0) is 18.4. The van der Waals surface area contributed by atoms with Gasteiger partial charge in [0.2, 0.25) is 0 Å². The summed E-state index contributed by atoms with van der Waals surface area (Å²) in [5, 5.41) is 3.94. The molecule has 0 radical (unpaired) electrons. The third-order valence-electron chi connectivity index (χ3n) is 4.07. The molecule has 1 saturated heterocycles. The van der Waals surface area contributed by atoms with Crippen molar-refractivity contribution in [1.82, 2.24) is 19.5 Å². The zero-order valence-corrected chi connectivity index (χ0v) is 15.0. The molecule has 138 valence electrons. The summed E-state index contributed by atoms with van der Waals surface area (Å²) in [6.07, 6.45) is -4.50. The number of likely N-dealkylation sites (tertiary alicyclic amines) is 1. The fourth-order valence-electron chi connectivity index (χ4n) is 3.09. The zero-order valence-electron chi connectivity index (χ0n) is 12.7. The van der Waals surface area contributed by atoms with E-state index in [4.69, 9.17) is 11.6 Å². The second-order valence-corrected chi connectivity index (χ2v) is 7.59. The first-order chi connectivity index (χ1) is 11.5. The van der Waals surface area contributed by atoms with Crippen LogP contribution in [0, 0.1) is 5.92 Å². The molecule has 2 aromatic rings. The maximum atomic E-state index is 13.3. The predicted molar refractivity (Wildman–Crippen MR) is 84.9 cm³/mol. The van der Waals surface area contributed by atoms with Crippen LogP contribution >= 0.6 is 27.5 Å². The molecule has 0 spiro atoms. The van der Waals surface area contributed by atoms with Crippen LogP contribution in [0.3, 0.4) is 0 Å². The Hall–Kier alpha value is -1.00. The average molecular weight is 448 g/mol. The van der Waals surface area contributed by atoms with Crippen LogP contribution < -0.4 is 0 Å². The normalized spacial score (nSPS) is 19.9. The third-order valence-corrected chi connectivity index (χ3v) is 4.60. The first-order valence-electron chi connectivity index (χ1n) is 7.43. The first-order valence-corrected chi connectivity index (χ1v) is 8.60. The molecular formula is C14H13BrClF5N4. The van der Waals surface area contributed by atoms with Crippen molar-refractivity contribution in [2.24, 2.45) is 5.92 Å². The van der Waals surface area contributed by atoms with Crippen molar-refractivity contribution in [1.29, 1.82) is 0 Å². The molecule has 25 heavy (non-hydrogen) atoms. The number of aromatic nitrogens is 3. The Bertz CT molecular complexity index is 773. The molecule has 3 rings (SSSR count). The molecule has 3 heterocycles. The van der Waals surface area contributed by atoms with E-state index in [9.17, 15) is 22.0 Å².